The quantitative estimate of drug-likeness (QED) is 0.718. The number of amides is 2. The van der Waals surface area contributed by atoms with Crippen molar-refractivity contribution in [3.63, 3.8) is 0 Å². The maximum Gasteiger partial charge on any atom is 0.320 e. The topological polar surface area (TPSA) is 47.3 Å². The highest BCUT2D eigenvalue weighted by Gasteiger charge is 2.48. The number of nitrogens with zero attached hydrogens (tertiary/aromatic N) is 3. The van der Waals surface area contributed by atoms with Crippen LogP contribution in [0.5, 0.6) is 0 Å². The van der Waals surface area contributed by atoms with Crippen molar-refractivity contribution in [1.82, 2.24) is 9.80 Å². The van der Waals surface area contributed by atoms with E-state index in [2.05, 4.69) is 6.07 Å². The van der Waals surface area contributed by atoms with E-state index in [9.17, 15) is 4.79 Å². The van der Waals surface area contributed by atoms with Crippen LogP contribution in [0.15, 0.2) is 0 Å². The molecule has 0 aromatic rings. The second kappa shape index (κ2) is 4.32. The third-order valence-corrected chi connectivity index (χ3v) is 3.62. The lowest BCUT2D eigenvalue weighted by molar-refractivity contribution is 0.0248. The van der Waals surface area contributed by atoms with Gasteiger partial charge in [0, 0.05) is 26.2 Å². The molecule has 0 aliphatic carbocycles. The maximum atomic E-state index is 11.9. The molecule has 90 valence electrons. The summed E-state index contributed by atoms with van der Waals surface area (Å²) in [4.78, 5) is 15.4. The molecule has 1 aliphatic rings. The number of nitriles is 1. The van der Waals surface area contributed by atoms with Gasteiger partial charge < -0.3 is 9.80 Å². The van der Waals surface area contributed by atoms with Crippen LogP contribution in [0.2, 0.25) is 0 Å². The van der Waals surface area contributed by atoms with Gasteiger partial charge in [-0.05, 0) is 19.8 Å². The molecule has 4 heteroatoms. The van der Waals surface area contributed by atoms with Crippen molar-refractivity contribution in [3.8, 4) is 6.07 Å². The highest BCUT2D eigenvalue weighted by atomic mass is 16.2. The van der Waals surface area contributed by atoms with Gasteiger partial charge >= 0.3 is 6.03 Å². The highest BCUT2D eigenvalue weighted by Crippen LogP contribution is 2.37. The summed E-state index contributed by atoms with van der Waals surface area (Å²) in [6, 6.07) is 2.58. The molecule has 0 atom stereocenters. The molecule has 0 radical (unpaired) electrons. The average Bonchev–Trinajstić information content (AvgIpc) is 2.14. The zero-order valence-electron chi connectivity index (χ0n) is 10.8. The first-order valence-corrected chi connectivity index (χ1v) is 5.77. The van der Waals surface area contributed by atoms with Crippen LogP contribution < -0.4 is 0 Å². The summed E-state index contributed by atoms with van der Waals surface area (Å²) in [7, 11) is 1.80. The van der Waals surface area contributed by atoms with Gasteiger partial charge in [0.1, 0.15) is 0 Å². The van der Waals surface area contributed by atoms with E-state index in [1.807, 2.05) is 27.7 Å². The monoisotopic (exact) mass is 223 g/mol. The molecule has 0 unspecified atom stereocenters. The molecule has 1 aliphatic heterocycles. The van der Waals surface area contributed by atoms with Gasteiger partial charge in [0.05, 0.1) is 11.5 Å². The van der Waals surface area contributed by atoms with Crippen LogP contribution in [0.1, 0.15) is 27.7 Å². The first-order valence-electron chi connectivity index (χ1n) is 5.77. The Hall–Kier alpha value is -1.24. The lowest BCUT2D eigenvalue weighted by Gasteiger charge is -2.49. The van der Waals surface area contributed by atoms with Crippen LogP contribution in [-0.4, -0.2) is 42.0 Å². The Morgan fingerprint density at radius 3 is 2.19 bits per heavy atom. The van der Waals surface area contributed by atoms with E-state index in [4.69, 9.17) is 5.26 Å². The Kier molecular flexibility index (Phi) is 3.47. The van der Waals surface area contributed by atoms with E-state index in [1.54, 1.807) is 16.8 Å². The minimum Gasteiger partial charge on any atom is -0.325 e. The fourth-order valence-electron chi connectivity index (χ4n) is 1.78. The Bertz CT molecular complexity index is 311. The lowest BCUT2D eigenvalue weighted by atomic mass is 9.72. The Labute approximate surface area is 97.8 Å². The summed E-state index contributed by atoms with van der Waals surface area (Å²) in [5.74, 6) is 0.297. The highest BCUT2D eigenvalue weighted by molar-refractivity contribution is 5.75. The molecule has 1 rings (SSSR count). The van der Waals surface area contributed by atoms with Crippen LogP contribution in [-0.2, 0) is 0 Å². The Morgan fingerprint density at radius 1 is 1.38 bits per heavy atom. The molecule has 16 heavy (non-hydrogen) atoms. The summed E-state index contributed by atoms with van der Waals surface area (Å²) in [6.45, 7) is 9.18. The Morgan fingerprint density at radius 2 is 1.88 bits per heavy atom. The van der Waals surface area contributed by atoms with E-state index in [0.29, 0.717) is 19.0 Å². The maximum absolute atomic E-state index is 11.9. The normalized spacial score (nSPS) is 18.2. The predicted molar refractivity (Wildman–Crippen MR) is 62.8 cm³/mol. The number of likely N-dealkylation sites (tertiary alicyclic amines) is 1. The summed E-state index contributed by atoms with van der Waals surface area (Å²) in [5, 5.41) is 9.15. The molecule has 1 heterocycles. The number of carbonyl (C=O) groups is 1. The van der Waals surface area contributed by atoms with Crippen LogP contribution in [0, 0.1) is 22.7 Å². The summed E-state index contributed by atoms with van der Waals surface area (Å²) in [6.07, 6.45) is 0. The van der Waals surface area contributed by atoms with E-state index >= 15 is 0 Å². The van der Waals surface area contributed by atoms with Crippen LogP contribution in [0.4, 0.5) is 4.79 Å². The standard InChI is InChI=1S/C12H21N3O/c1-9(2)12(6-13)7-15(8-12)11(16)14(5)10(3)4/h9-10H,7-8H2,1-5H3. The van der Waals surface area contributed by atoms with Crippen molar-refractivity contribution in [2.45, 2.75) is 33.7 Å². The average molecular weight is 223 g/mol. The molecule has 4 nitrogen and oxygen atoms in total. The minimum atomic E-state index is -0.326. The Balaban J connectivity index is 2.59. The summed E-state index contributed by atoms with van der Waals surface area (Å²) < 4.78 is 0. The van der Waals surface area contributed by atoms with Gasteiger partial charge in [-0.2, -0.15) is 5.26 Å². The van der Waals surface area contributed by atoms with Crippen LogP contribution in [0.25, 0.3) is 0 Å². The molecule has 0 aromatic carbocycles. The molecule has 1 fully saturated rings. The van der Waals surface area contributed by atoms with Crippen molar-refractivity contribution >= 4 is 6.03 Å². The number of hydrogen-bond acceptors (Lipinski definition) is 2. The number of urea groups is 1. The molecular formula is C12H21N3O. The molecule has 1 saturated heterocycles. The van der Waals surface area contributed by atoms with E-state index in [1.165, 1.54) is 0 Å². The van der Waals surface area contributed by atoms with Gasteiger partial charge in [-0.3, -0.25) is 0 Å². The summed E-state index contributed by atoms with van der Waals surface area (Å²) in [5.41, 5.74) is -0.326. The van der Waals surface area contributed by atoms with Gasteiger partial charge in [0.25, 0.3) is 0 Å². The van der Waals surface area contributed by atoms with Crippen LogP contribution >= 0.6 is 0 Å². The smallest absolute Gasteiger partial charge is 0.320 e. The molecule has 2 amide bonds. The molecule has 0 spiro atoms. The zero-order valence-corrected chi connectivity index (χ0v) is 10.8. The largest absolute Gasteiger partial charge is 0.325 e. The second-order valence-corrected chi connectivity index (χ2v) is 5.27. The van der Waals surface area contributed by atoms with E-state index in [0.717, 1.165) is 0 Å². The minimum absolute atomic E-state index is 0.0292. The van der Waals surface area contributed by atoms with Crippen molar-refractivity contribution in [3.05, 3.63) is 0 Å². The summed E-state index contributed by atoms with van der Waals surface area (Å²) >= 11 is 0. The number of carbonyl (C=O) groups excluding carboxylic acids is 1. The van der Waals surface area contributed by atoms with Crippen LogP contribution in [0.3, 0.4) is 0 Å². The van der Waals surface area contributed by atoms with Crippen molar-refractivity contribution in [2.24, 2.45) is 11.3 Å². The first-order chi connectivity index (χ1) is 7.34. The SMILES string of the molecule is CC(C)N(C)C(=O)N1CC(C#N)(C(C)C)C1. The number of rotatable bonds is 2. The van der Waals surface area contributed by atoms with Gasteiger partial charge in [-0.1, -0.05) is 13.8 Å². The fourth-order valence-corrected chi connectivity index (χ4v) is 1.78. The second-order valence-electron chi connectivity index (χ2n) is 5.27. The number of hydrogen-bond donors (Lipinski definition) is 0. The first kappa shape index (κ1) is 12.8. The zero-order chi connectivity index (χ0) is 12.5. The molecule has 0 bridgehead atoms. The van der Waals surface area contributed by atoms with Gasteiger partial charge in [-0.25, -0.2) is 4.79 Å². The van der Waals surface area contributed by atoms with Gasteiger partial charge in [0.2, 0.25) is 0 Å². The third kappa shape index (κ3) is 1.99. The molecular weight excluding hydrogens is 202 g/mol. The van der Waals surface area contributed by atoms with E-state index < -0.39 is 0 Å². The predicted octanol–water partition coefficient (Wildman–Crippen LogP) is 1.93. The van der Waals surface area contributed by atoms with Crippen molar-refractivity contribution in [2.75, 3.05) is 20.1 Å². The van der Waals surface area contributed by atoms with E-state index in [-0.39, 0.29) is 17.5 Å². The third-order valence-electron chi connectivity index (χ3n) is 3.62. The fraction of sp³-hybridized carbons (Fsp3) is 0.833. The van der Waals surface area contributed by atoms with Gasteiger partial charge in [0.15, 0.2) is 0 Å². The molecule has 0 aromatic heterocycles. The van der Waals surface area contributed by atoms with Crippen molar-refractivity contribution < 1.29 is 4.79 Å². The molecule has 0 saturated carbocycles. The van der Waals surface area contributed by atoms with Gasteiger partial charge in [-0.15, -0.1) is 0 Å². The lowest BCUT2D eigenvalue weighted by Crippen LogP contribution is -2.62. The molecule has 0 N–H and O–H groups in total. The van der Waals surface area contributed by atoms with Crippen molar-refractivity contribution in [1.29, 1.82) is 5.26 Å².